The van der Waals surface area contributed by atoms with Crippen LogP contribution in [0.4, 0.5) is 5.69 Å². The molecule has 2 aromatic rings. The predicted octanol–water partition coefficient (Wildman–Crippen LogP) is 3.88. The highest BCUT2D eigenvalue weighted by Crippen LogP contribution is 2.31. The first-order valence-electron chi connectivity index (χ1n) is 7.91. The third-order valence-electron chi connectivity index (χ3n) is 3.80. The molecule has 0 radical (unpaired) electrons. The average molecular weight is 361 g/mol. The summed E-state index contributed by atoms with van der Waals surface area (Å²) in [5, 5.41) is 13.2. The fourth-order valence-electron chi connectivity index (χ4n) is 2.44. The van der Waals surface area contributed by atoms with Crippen LogP contribution in [-0.4, -0.2) is 31.5 Å². The smallest absolute Gasteiger partial charge is 0.224 e. The van der Waals surface area contributed by atoms with E-state index in [2.05, 4.69) is 5.32 Å². The van der Waals surface area contributed by atoms with Crippen molar-refractivity contribution in [3.05, 3.63) is 48.0 Å². The van der Waals surface area contributed by atoms with Crippen LogP contribution in [0.2, 0.25) is 0 Å². The number of methoxy groups -OCH3 is 2. The van der Waals surface area contributed by atoms with Gasteiger partial charge in [0.05, 0.1) is 20.3 Å². The van der Waals surface area contributed by atoms with E-state index in [1.54, 1.807) is 37.1 Å². The van der Waals surface area contributed by atoms with Crippen molar-refractivity contribution in [2.75, 3.05) is 25.8 Å². The average Bonchev–Trinajstić information content (AvgIpc) is 2.65. The van der Waals surface area contributed by atoms with Gasteiger partial charge in [-0.05, 0) is 43.0 Å². The number of anilines is 1. The van der Waals surface area contributed by atoms with E-state index in [9.17, 15) is 9.90 Å². The molecule has 0 aliphatic heterocycles. The van der Waals surface area contributed by atoms with E-state index < -0.39 is 6.10 Å². The molecule has 2 aromatic carbocycles. The molecule has 1 unspecified atom stereocenters. The van der Waals surface area contributed by atoms with Gasteiger partial charge < -0.3 is 19.9 Å². The van der Waals surface area contributed by atoms with E-state index >= 15 is 0 Å². The molecule has 0 aromatic heterocycles. The Kier molecular flexibility index (Phi) is 7.16. The zero-order valence-electron chi connectivity index (χ0n) is 14.6. The third-order valence-corrected chi connectivity index (χ3v) is 4.52. The Labute approximate surface area is 152 Å². The summed E-state index contributed by atoms with van der Waals surface area (Å²) >= 11 is 1.62. The highest BCUT2D eigenvalue weighted by atomic mass is 32.2. The Morgan fingerprint density at radius 2 is 2.00 bits per heavy atom. The number of hydrogen-bond acceptors (Lipinski definition) is 5. The number of aliphatic hydroxyl groups excluding tert-OH is 1. The van der Waals surface area contributed by atoms with Crippen LogP contribution in [0.25, 0.3) is 0 Å². The monoisotopic (exact) mass is 361 g/mol. The number of rotatable bonds is 8. The van der Waals surface area contributed by atoms with E-state index in [0.29, 0.717) is 23.5 Å². The van der Waals surface area contributed by atoms with Crippen molar-refractivity contribution >= 4 is 23.4 Å². The first-order valence-corrected chi connectivity index (χ1v) is 9.13. The fourth-order valence-corrected chi connectivity index (χ4v) is 2.90. The molecule has 0 bridgehead atoms. The Morgan fingerprint density at radius 1 is 1.20 bits per heavy atom. The van der Waals surface area contributed by atoms with Crippen LogP contribution in [0, 0.1) is 0 Å². The van der Waals surface area contributed by atoms with Crippen molar-refractivity contribution in [1.29, 1.82) is 0 Å². The van der Waals surface area contributed by atoms with Crippen LogP contribution in [0.5, 0.6) is 11.5 Å². The molecule has 5 nitrogen and oxygen atoms in total. The summed E-state index contributed by atoms with van der Waals surface area (Å²) in [4.78, 5) is 13.2. The minimum atomic E-state index is -0.788. The van der Waals surface area contributed by atoms with Gasteiger partial charge in [0.15, 0.2) is 0 Å². The SMILES string of the molecule is COc1ccc(C(O)CCC(=O)Nc2cccc(SC)c2)c(OC)c1. The van der Waals surface area contributed by atoms with Crippen molar-refractivity contribution in [1.82, 2.24) is 0 Å². The van der Waals surface area contributed by atoms with Crippen LogP contribution in [0.1, 0.15) is 24.5 Å². The van der Waals surface area contributed by atoms with Crippen molar-refractivity contribution in [3.63, 3.8) is 0 Å². The maximum Gasteiger partial charge on any atom is 0.224 e. The number of aliphatic hydroxyl groups is 1. The maximum atomic E-state index is 12.1. The number of carbonyl (C=O) groups excluding carboxylic acids is 1. The van der Waals surface area contributed by atoms with Gasteiger partial charge in [0, 0.05) is 28.6 Å². The second-order valence-electron chi connectivity index (χ2n) is 5.44. The first-order chi connectivity index (χ1) is 12.1. The van der Waals surface area contributed by atoms with Crippen molar-refractivity contribution in [2.45, 2.75) is 23.8 Å². The van der Waals surface area contributed by atoms with Gasteiger partial charge >= 0.3 is 0 Å². The zero-order chi connectivity index (χ0) is 18.2. The van der Waals surface area contributed by atoms with Crippen LogP contribution < -0.4 is 14.8 Å². The number of carbonyl (C=O) groups is 1. The molecule has 1 atom stereocenters. The second-order valence-corrected chi connectivity index (χ2v) is 6.32. The van der Waals surface area contributed by atoms with E-state index in [4.69, 9.17) is 9.47 Å². The summed E-state index contributed by atoms with van der Waals surface area (Å²) in [5.41, 5.74) is 1.40. The molecular weight excluding hydrogens is 338 g/mol. The molecule has 0 saturated carbocycles. The zero-order valence-corrected chi connectivity index (χ0v) is 15.4. The largest absolute Gasteiger partial charge is 0.497 e. The molecule has 0 aliphatic carbocycles. The number of amides is 1. The minimum absolute atomic E-state index is 0.134. The Hall–Kier alpha value is -2.18. The Morgan fingerprint density at radius 3 is 2.68 bits per heavy atom. The summed E-state index contributed by atoms with van der Waals surface area (Å²) in [5.74, 6) is 1.06. The van der Waals surface area contributed by atoms with Crippen molar-refractivity contribution < 1.29 is 19.4 Å². The van der Waals surface area contributed by atoms with Crippen molar-refractivity contribution in [3.8, 4) is 11.5 Å². The van der Waals surface area contributed by atoms with Gasteiger partial charge in [-0.1, -0.05) is 6.07 Å². The molecule has 0 aliphatic rings. The number of hydrogen-bond donors (Lipinski definition) is 2. The third kappa shape index (κ3) is 5.41. The Balaban J connectivity index is 1.94. The lowest BCUT2D eigenvalue weighted by molar-refractivity contribution is -0.116. The molecule has 2 N–H and O–H groups in total. The van der Waals surface area contributed by atoms with Gasteiger partial charge in [-0.15, -0.1) is 11.8 Å². The summed E-state index contributed by atoms with van der Waals surface area (Å²) < 4.78 is 10.4. The minimum Gasteiger partial charge on any atom is -0.497 e. The molecule has 0 saturated heterocycles. The lowest BCUT2D eigenvalue weighted by atomic mass is 10.0. The van der Waals surface area contributed by atoms with E-state index in [1.807, 2.05) is 30.5 Å². The molecule has 1 amide bonds. The lowest BCUT2D eigenvalue weighted by Gasteiger charge is -2.15. The van der Waals surface area contributed by atoms with Gasteiger partial charge in [0.1, 0.15) is 11.5 Å². The van der Waals surface area contributed by atoms with Gasteiger partial charge in [-0.25, -0.2) is 0 Å². The van der Waals surface area contributed by atoms with Crippen LogP contribution >= 0.6 is 11.8 Å². The quantitative estimate of drug-likeness (QED) is 0.699. The van der Waals surface area contributed by atoms with E-state index in [0.717, 1.165) is 10.6 Å². The molecule has 134 valence electrons. The number of ether oxygens (including phenoxy) is 2. The molecule has 0 spiro atoms. The number of nitrogens with one attached hydrogen (secondary N) is 1. The first kappa shape index (κ1) is 19.1. The molecule has 2 rings (SSSR count). The van der Waals surface area contributed by atoms with Crippen LogP contribution in [0.15, 0.2) is 47.4 Å². The van der Waals surface area contributed by atoms with E-state index in [-0.39, 0.29) is 12.3 Å². The summed E-state index contributed by atoms with van der Waals surface area (Å²) in [6, 6.07) is 12.9. The molecular formula is C19H23NO4S. The standard InChI is InChI=1S/C19H23NO4S/c1-23-14-7-8-16(18(12-14)24-2)17(21)9-10-19(22)20-13-5-4-6-15(11-13)25-3/h4-8,11-12,17,21H,9-10H2,1-3H3,(H,20,22). The fraction of sp³-hybridized carbons (Fsp3) is 0.316. The van der Waals surface area contributed by atoms with Gasteiger partial charge in [0.25, 0.3) is 0 Å². The number of benzene rings is 2. The normalized spacial score (nSPS) is 11.7. The van der Waals surface area contributed by atoms with E-state index in [1.165, 1.54) is 7.11 Å². The molecule has 0 fully saturated rings. The summed E-state index contributed by atoms with van der Waals surface area (Å²) in [7, 11) is 3.11. The topological polar surface area (TPSA) is 67.8 Å². The van der Waals surface area contributed by atoms with Gasteiger partial charge in [-0.3, -0.25) is 4.79 Å². The Bertz CT molecular complexity index is 720. The maximum absolute atomic E-state index is 12.1. The summed E-state index contributed by atoms with van der Waals surface area (Å²) in [6.07, 6.45) is 1.71. The summed E-state index contributed by atoms with van der Waals surface area (Å²) in [6.45, 7) is 0. The van der Waals surface area contributed by atoms with Crippen molar-refractivity contribution in [2.24, 2.45) is 0 Å². The number of thioether (sulfide) groups is 1. The molecule has 6 heteroatoms. The van der Waals surface area contributed by atoms with Crippen LogP contribution in [0.3, 0.4) is 0 Å². The second kappa shape index (κ2) is 9.34. The highest BCUT2D eigenvalue weighted by molar-refractivity contribution is 7.98. The molecule has 25 heavy (non-hydrogen) atoms. The highest BCUT2D eigenvalue weighted by Gasteiger charge is 2.16. The van der Waals surface area contributed by atoms with Gasteiger partial charge in [0.2, 0.25) is 5.91 Å². The predicted molar refractivity (Wildman–Crippen MR) is 101 cm³/mol. The lowest BCUT2D eigenvalue weighted by Crippen LogP contribution is -2.13. The van der Waals surface area contributed by atoms with Crippen LogP contribution in [-0.2, 0) is 4.79 Å². The van der Waals surface area contributed by atoms with Gasteiger partial charge in [-0.2, -0.15) is 0 Å². The molecule has 0 heterocycles.